The van der Waals surface area contributed by atoms with Gasteiger partial charge in [-0.05, 0) is 25.8 Å². The fourth-order valence-electron chi connectivity index (χ4n) is 2.59. The molecule has 2 N–H and O–H groups in total. The number of aromatic hydroxyl groups is 1. The Morgan fingerprint density at radius 1 is 1.50 bits per heavy atom. The number of phenols is 1. The van der Waals surface area contributed by atoms with Gasteiger partial charge in [-0.25, -0.2) is 4.39 Å². The fraction of sp³-hybridized carbons (Fsp3) is 0.500. The minimum Gasteiger partial charge on any atom is -0.508 e. The third kappa shape index (κ3) is 2.62. The van der Waals surface area contributed by atoms with Crippen LogP contribution in [0.3, 0.4) is 0 Å². The molecule has 3 unspecified atom stereocenters. The van der Waals surface area contributed by atoms with Crippen LogP contribution in [-0.2, 0) is 0 Å². The molecule has 1 fully saturated rings. The number of phenolic OH excluding ortho intramolecular Hbond substituents is 1. The molecule has 1 aromatic rings. The van der Waals surface area contributed by atoms with E-state index in [4.69, 9.17) is 5.26 Å². The van der Waals surface area contributed by atoms with Crippen molar-refractivity contribution >= 4 is 0 Å². The van der Waals surface area contributed by atoms with E-state index >= 15 is 0 Å². The van der Waals surface area contributed by atoms with Crippen LogP contribution in [0.25, 0.3) is 0 Å². The molecule has 0 heterocycles. The number of benzene rings is 1. The lowest BCUT2D eigenvalue weighted by molar-refractivity contribution is 0.407. The van der Waals surface area contributed by atoms with E-state index in [0.29, 0.717) is 5.56 Å². The number of hydrogen-bond acceptors (Lipinski definition) is 3. The maximum absolute atomic E-state index is 13.7. The molecule has 1 saturated carbocycles. The summed E-state index contributed by atoms with van der Waals surface area (Å²) in [6, 6.07) is 6.45. The molecule has 0 bridgehead atoms. The predicted molar refractivity (Wildman–Crippen MR) is 66.4 cm³/mol. The van der Waals surface area contributed by atoms with Gasteiger partial charge in [0.15, 0.2) is 0 Å². The predicted octanol–water partition coefficient (Wildman–Crippen LogP) is 2.87. The smallest absolute Gasteiger partial charge is 0.131 e. The Bertz CT molecular complexity index is 469. The molecular formula is C14H17FN2O. The minimum absolute atomic E-state index is 0.0210. The molecule has 3 nitrogen and oxygen atoms in total. The summed E-state index contributed by atoms with van der Waals surface area (Å²) in [7, 11) is 0. The number of nitrogens with zero attached hydrogens (tertiary/aromatic N) is 1. The molecule has 96 valence electrons. The summed E-state index contributed by atoms with van der Waals surface area (Å²) in [5.74, 6) is -0.464. The Labute approximate surface area is 106 Å². The Hall–Kier alpha value is -1.60. The minimum atomic E-state index is -0.415. The van der Waals surface area contributed by atoms with Gasteiger partial charge in [0.05, 0.1) is 12.0 Å². The van der Waals surface area contributed by atoms with E-state index in [1.165, 1.54) is 6.07 Å². The summed E-state index contributed by atoms with van der Waals surface area (Å²) in [6.45, 7) is 1.88. The van der Waals surface area contributed by atoms with Gasteiger partial charge in [-0.3, -0.25) is 0 Å². The molecule has 3 atom stereocenters. The van der Waals surface area contributed by atoms with Crippen molar-refractivity contribution in [1.29, 1.82) is 5.26 Å². The second-order valence-electron chi connectivity index (χ2n) is 4.87. The third-order valence-corrected chi connectivity index (χ3v) is 3.60. The molecule has 2 rings (SSSR count). The maximum atomic E-state index is 13.7. The molecule has 1 aliphatic rings. The quantitative estimate of drug-likeness (QED) is 0.864. The van der Waals surface area contributed by atoms with Crippen molar-refractivity contribution < 1.29 is 9.50 Å². The second kappa shape index (κ2) is 5.36. The lowest BCUT2D eigenvalue weighted by Gasteiger charge is -2.22. The summed E-state index contributed by atoms with van der Waals surface area (Å²) in [4.78, 5) is 0. The number of nitrogens with one attached hydrogen (secondary N) is 1. The lowest BCUT2D eigenvalue weighted by Crippen LogP contribution is -2.34. The van der Waals surface area contributed by atoms with Gasteiger partial charge < -0.3 is 10.4 Å². The molecule has 1 aliphatic carbocycles. The normalized spacial score (nSPS) is 24.7. The zero-order valence-electron chi connectivity index (χ0n) is 10.4. The van der Waals surface area contributed by atoms with Crippen LogP contribution in [0.4, 0.5) is 4.39 Å². The first-order valence-corrected chi connectivity index (χ1v) is 6.26. The SMILES string of the molecule is CC(NC1CCCC1C#N)c1ccc(O)cc1F. The lowest BCUT2D eigenvalue weighted by atomic mass is 10.0. The molecule has 0 radical (unpaired) electrons. The van der Waals surface area contributed by atoms with Crippen molar-refractivity contribution in [3.8, 4) is 11.8 Å². The highest BCUT2D eigenvalue weighted by molar-refractivity contribution is 5.29. The molecule has 0 amide bonds. The summed E-state index contributed by atoms with van der Waals surface area (Å²) in [5, 5.41) is 21.5. The van der Waals surface area contributed by atoms with Crippen LogP contribution in [-0.4, -0.2) is 11.1 Å². The Balaban J connectivity index is 2.08. The van der Waals surface area contributed by atoms with Crippen molar-refractivity contribution in [2.45, 2.75) is 38.3 Å². The van der Waals surface area contributed by atoms with E-state index in [1.54, 1.807) is 6.07 Å². The summed E-state index contributed by atoms with van der Waals surface area (Å²) >= 11 is 0. The van der Waals surface area contributed by atoms with Gasteiger partial charge in [0, 0.05) is 23.7 Å². The summed E-state index contributed by atoms with van der Waals surface area (Å²) in [6.07, 6.45) is 2.92. The molecule has 0 saturated heterocycles. The zero-order valence-corrected chi connectivity index (χ0v) is 10.4. The van der Waals surface area contributed by atoms with Crippen LogP contribution < -0.4 is 5.32 Å². The van der Waals surface area contributed by atoms with Gasteiger partial charge in [-0.1, -0.05) is 12.5 Å². The van der Waals surface area contributed by atoms with Crippen molar-refractivity contribution in [3.63, 3.8) is 0 Å². The average molecular weight is 248 g/mol. The number of nitriles is 1. The van der Waals surface area contributed by atoms with E-state index in [1.807, 2.05) is 6.92 Å². The van der Waals surface area contributed by atoms with Gasteiger partial charge in [-0.2, -0.15) is 5.26 Å². The zero-order chi connectivity index (χ0) is 13.1. The van der Waals surface area contributed by atoms with Gasteiger partial charge in [0.1, 0.15) is 11.6 Å². The van der Waals surface area contributed by atoms with Gasteiger partial charge in [0.25, 0.3) is 0 Å². The molecule has 0 spiro atoms. The van der Waals surface area contributed by atoms with Gasteiger partial charge in [-0.15, -0.1) is 0 Å². The Kier molecular flexibility index (Phi) is 3.83. The highest BCUT2D eigenvalue weighted by atomic mass is 19.1. The highest BCUT2D eigenvalue weighted by Crippen LogP contribution is 2.28. The molecule has 0 aliphatic heterocycles. The van der Waals surface area contributed by atoms with Crippen LogP contribution in [0.5, 0.6) is 5.75 Å². The average Bonchev–Trinajstić information content (AvgIpc) is 2.76. The van der Waals surface area contributed by atoms with Crippen LogP contribution >= 0.6 is 0 Å². The van der Waals surface area contributed by atoms with E-state index in [9.17, 15) is 9.50 Å². The van der Waals surface area contributed by atoms with E-state index < -0.39 is 5.82 Å². The highest BCUT2D eigenvalue weighted by Gasteiger charge is 2.28. The number of rotatable bonds is 3. The van der Waals surface area contributed by atoms with Crippen molar-refractivity contribution in [3.05, 3.63) is 29.6 Å². The molecule has 1 aromatic carbocycles. The van der Waals surface area contributed by atoms with E-state index in [0.717, 1.165) is 25.3 Å². The fourth-order valence-corrected chi connectivity index (χ4v) is 2.59. The van der Waals surface area contributed by atoms with Crippen LogP contribution in [0.2, 0.25) is 0 Å². The first-order chi connectivity index (χ1) is 8.61. The van der Waals surface area contributed by atoms with Crippen LogP contribution in [0, 0.1) is 23.1 Å². The van der Waals surface area contributed by atoms with Crippen molar-refractivity contribution in [1.82, 2.24) is 5.32 Å². The monoisotopic (exact) mass is 248 g/mol. The Morgan fingerprint density at radius 3 is 2.94 bits per heavy atom. The van der Waals surface area contributed by atoms with Crippen molar-refractivity contribution in [2.75, 3.05) is 0 Å². The topological polar surface area (TPSA) is 56.0 Å². The first kappa shape index (κ1) is 12.8. The van der Waals surface area contributed by atoms with E-state index in [2.05, 4.69) is 11.4 Å². The largest absolute Gasteiger partial charge is 0.508 e. The summed E-state index contributed by atoms with van der Waals surface area (Å²) < 4.78 is 13.7. The number of hydrogen-bond donors (Lipinski definition) is 2. The van der Waals surface area contributed by atoms with Crippen molar-refractivity contribution in [2.24, 2.45) is 5.92 Å². The number of halogens is 1. The molecule has 4 heteroatoms. The first-order valence-electron chi connectivity index (χ1n) is 6.26. The van der Waals surface area contributed by atoms with Gasteiger partial charge in [0.2, 0.25) is 0 Å². The maximum Gasteiger partial charge on any atom is 0.131 e. The summed E-state index contributed by atoms with van der Waals surface area (Å²) in [5.41, 5.74) is 0.524. The standard InChI is InChI=1S/C14H17FN2O/c1-9(12-6-5-11(18)7-13(12)15)17-14-4-2-3-10(14)8-16/h5-7,9-10,14,17-18H,2-4H2,1H3. The third-order valence-electron chi connectivity index (χ3n) is 3.60. The van der Waals surface area contributed by atoms with Gasteiger partial charge >= 0.3 is 0 Å². The second-order valence-corrected chi connectivity index (χ2v) is 4.87. The molecule has 18 heavy (non-hydrogen) atoms. The van der Waals surface area contributed by atoms with E-state index in [-0.39, 0.29) is 23.8 Å². The van der Waals surface area contributed by atoms with Crippen LogP contribution in [0.1, 0.15) is 37.8 Å². The Morgan fingerprint density at radius 2 is 2.28 bits per heavy atom. The molecule has 0 aromatic heterocycles. The van der Waals surface area contributed by atoms with Crippen LogP contribution in [0.15, 0.2) is 18.2 Å². The molecular weight excluding hydrogens is 231 g/mol.